The zero-order valence-electron chi connectivity index (χ0n) is 11.7. The molecule has 0 amide bonds. The van der Waals surface area contributed by atoms with E-state index in [2.05, 4.69) is 0 Å². The average molecular weight is 262 g/mol. The van der Waals surface area contributed by atoms with Crippen molar-refractivity contribution in [3.05, 3.63) is 48.0 Å². The molecule has 0 spiro atoms. The van der Waals surface area contributed by atoms with Gasteiger partial charge in [-0.2, -0.15) is 0 Å². The van der Waals surface area contributed by atoms with E-state index in [1.165, 1.54) is 0 Å². The molecule has 3 heteroatoms. The molecule has 1 N–H and O–H groups in total. The van der Waals surface area contributed by atoms with Crippen molar-refractivity contribution in [1.82, 2.24) is 0 Å². The van der Waals surface area contributed by atoms with Gasteiger partial charge in [0.25, 0.3) is 0 Å². The molecule has 0 heterocycles. The molecule has 0 bridgehead atoms. The van der Waals surface area contributed by atoms with E-state index in [9.17, 15) is 9.90 Å². The van der Waals surface area contributed by atoms with Crippen LogP contribution < -0.4 is 0 Å². The van der Waals surface area contributed by atoms with Crippen molar-refractivity contribution in [2.75, 3.05) is 0 Å². The summed E-state index contributed by atoms with van der Waals surface area (Å²) < 4.78 is 5.55. The average Bonchev–Trinajstić information content (AvgIpc) is 2.44. The van der Waals surface area contributed by atoms with Gasteiger partial charge in [-0.3, -0.25) is 4.79 Å². The first kappa shape index (κ1) is 15.6. The second-order valence-corrected chi connectivity index (χ2v) is 4.65. The summed E-state index contributed by atoms with van der Waals surface area (Å²) in [5.41, 5.74) is 1.03. The Bertz CT molecular complexity index is 411. The van der Waals surface area contributed by atoms with E-state index < -0.39 is 18.1 Å². The van der Waals surface area contributed by atoms with E-state index in [1.54, 1.807) is 26.0 Å². The number of hydrogen-bond acceptors (Lipinski definition) is 3. The van der Waals surface area contributed by atoms with E-state index in [0.29, 0.717) is 6.61 Å². The van der Waals surface area contributed by atoms with E-state index in [-0.39, 0.29) is 5.78 Å². The number of carbonyl (C=O) groups excluding carboxylic acids is 1. The molecule has 0 unspecified atom stereocenters. The fourth-order valence-corrected chi connectivity index (χ4v) is 1.78. The van der Waals surface area contributed by atoms with Gasteiger partial charge in [-0.1, -0.05) is 49.4 Å². The summed E-state index contributed by atoms with van der Waals surface area (Å²) in [5.74, 6) is -0.538. The number of ketones is 1. The van der Waals surface area contributed by atoms with Crippen LogP contribution in [-0.4, -0.2) is 23.1 Å². The molecular weight excluding hydrogens is 240 g/mol. The Morgan fingerprint density at radius 2 is 1.95 bits per heavy atom. The lowest BCUT2D eigenvalue weighted by Gasteiger charge is -2.19. The zero-order valence-corrected chi connectivity index (χ0v) is 11.7. The Hall–Kier alpha value is -1.45. The molecular formula is C16H22O3. The lowest BCUT2D eigenvalue weighted by molar-refractivity contribution is -0.136. The predicted molar refractivity (Wildman–Crippen MR) is 75.7 cm³/mol. The topological polar surface area (TPSA) is 46.5 Å². The van der Waals surface area contributed by atoms with Crippen LogP contribution in [0.15, 0.2) is 42.5 Å². The molecule has 104 valence electrons. The van der Waals surface area contributed by atoms with E-state index in [4.69, 9.17) is 4.74 Å². The quantitative estimate of drug-likeness (QED) is 0.769. The summed E-state index contributed by atoms with van der Waals surface area (Å²) >= 11 is 0. The monoisotopic (exact) mass is 262 g/mol. The van der Waals surface area contributed by atoms with Crippen LogP contribution in [0.5, 0.6) is 0 Å². The second-order valence-electron chi connectivity index (χ2n) is 4.65. The number of allylic oxidation sites excluding steroid dienone is 1. The summed E-state index contributed by atoms with van der Waals surface area (Å²) in [4.78, 5) is 12.1. The first-order chi connectivity index (χ1) is 9.06. The first-order valence-corrected chi connectivity index (χ1v) is 6.56. The summed E-state index contributed by atoms with van der Waals surface area (Å²) in [7, 11) is 0. The summed E-state index contributed by atoms with van der Waals surface area (Å²) in [6, 6.07) is 9.71. The Kier molecular flexibility index (Phi) is 6.46. The van der Waals surface area contributed by atoms with Crippen molar-refractivity contribution in [2.45, 2.75) is 39.6 Å². The standard InChI is InChI=1S/C16H22O3/c1-4-8-15(17)12(2)16(18)13(3)19-11-14-9-6-5-7-10-14/h4-10,12-13,15,17H,11H2,1-3H3/b8-4+/t12-,13-,15+/m0/s1. The Balaban J connectivity index is 2.49. The third-order valence-corrected chi connectivity index (χ3v) is 3.09. The molecule has 0 fully saturated rings. The zero-order chi connectivity index (χ0) is 14.3. The van der Waals surface area contributed by atoms with Gasteiger partial charge in [0.1, 0.15) is 6.10 Å². The van der Waals surface area contributed by atoms with Crippen molar-refractivity contribution < 1.29 is 14.6 Å². The minimum absolute atomic E-state index is 0.0819. The number of aliphatic hydroxyl groups excluding tert-OH is 1. The largest absolute Gasteiger partial charge is 0.388 e. The maximum absolute atomic E-state index is 12.1. The molecule has 1 aromatic carbocycles. The normalized spacial score (nSPS) is 16.2. The summed E-state index contributed by atoms with van der Waals surface area (Å²) in [6.07, 6.45) is 2.09. The molecule has 0 aliphatic rings. The molecule has 1 rings (SSSR count). The second kappa shape index (κ2) is 7.87. The fraction of sp³-hybridized carbons (Fsp3) is 0.438. The van der Waals surface area contributed by atoms with Gasteiger partial charge in [0.05, 0.1) is 12.7 Å². The molecule has 0 saturated carbocycles. The molecule has 1 aromatic rings. The minimum atomic E-state index is -0.750. The van der Waals surface area contributed by atoms with Crippen LogP contribution in [0.2, 0.25) is 0 Å². The molecule has 0 aliphatic heterocycles. The number of rotatable bonds is 7. The van der Waals surface area contributed by atoms with Crippen molar-refractivity contribution in [1.29, 1.82) is 0 Å². The molecule has 3 atom stereocenters. The van der Waals surface area contributed by atoms with Crippen LogP contribution in [0.3, 0.4) is 0 Å². The number of carbonyl (C=O) groups is 1. The van der Waals surface area contributed by atoms with Gasteiger partial charge < -0.3 is 9.84 Å². The fourth-order valence-electron chi connectivity index (χ4n) is 1.78. The van der Waals surface area contributed by atoms with Gasteiger partial charge >= 0.3 is 0 Å². The number of benzene rings is 1. The number of hydrogen-bond donors (Lipinski definition) is 1. The van der Waals surface area contributed by atoms with Crippen LogP contribution in [0, 0.1) is 5.92 Å². The third-order valence-electron chi connectivity index (χ3n) is 3.09. The van der Waals surface area contributed by atoms with Gasteiger partial charge in [-0.15, -0.1) is 0 Å². The molecule has 0 aliphatic carbocycles. The van der Waals surface area contributed by atoms with Crippen molar-refractivity contribution in [2.24, 2.45) is 5.92 Å². The third kappa shape index (κ3) is 4.97. The maximum atomic E-state index is 12.1. The molecule has 19 heavy (non-hydrogen) atoms. The van der Waals surface area contributed by atoms with Crippen LogP contribution in [0.1, 0.15) is 26.3 Å². The highest BCUT2D eigenvalue weighted by Crippen LogP contribution is 2.12. The minimum Gasteiger partial charge on any atom is -0.388 e. The predicted octanol–water partition coefficient (Wildman–Crippen LogP) is 2.73. The number of aliphatic hydroxyl groups is 1. The summed E-state index contributed by atoms with van der Waals surface area (Å²) in [6.45, 7) is 5.66. The SMILES string of the molecule is C/C=C/[C@@H](O)[C@H](C)C(=O)[C@H](C)OCc1ccccc1. The van der Waals surface area contributed by atoms with Crippen molar-refractivity contribution in [3.63, 3.8) is 0 Å². The molecule has 0 saturated heterocycles. The van der Waals surface area contributed by atoms with Crippen molar-refractivity contribution in [3.8, 4) is 0 Å². The molecule has 0 aromatic heterocycles. The molecule has 0 radical (unpaired) electrons. The van der Waals surface area contributed by atoms with E-state index >= 15 is 0 Å². The highest BCUT2D eigenvalue weighted by Gasteiger charge is 2.25. The Labute approximate surface area is 114 Å². The Morgan fingerprint density at radius 1 is 1.32 bits per heavy atom. The van der Waals surface area contributed by atoms with E-state index in [1.807, 2.05) is 37.3 Å². The summed E-state index contributed by atoms with van der Waals surface area (Å²) in [5, 5.41) is 9.76. The number of ether oxygens (including phenoxy) is 1. The van der Waals surface area contributed by atoms with Gasteiger partial charge in [0, 0.05) is 5.92 Å². The number of Topliss-reactive ketones (excluding diaryl/α,β-unsaturated/α-hetero) is 1. The van der Waals surface area contributed by atoms with Crippen LogP contribution >= 0.6 is 0 Å². The van der Waals surface area contributed by atoms with Crippen LogP contribution in [0.25, 0.3) is 0 Å². The smallest absolute Gasteiger partial charge is 0.166 e. The van der Waals surface area contributed by atoms with E-state index in [0.717, 1.165) is 5.56 Å². The van der Waals surface area contributed by atoms with Gasteiger partial charge in [-0.25, -0.2) is 0 Å². The van der Waals surface area contributed by atoms with Crippen molar-refractivity contribution >= 4 is 5.78 Å². The highest BCUT2D eigenvalue weighted by atomic mass is 16.5. The molecule has 3 nitrogen and oxygen atoms in total. The maximum Gasteiger partial charge on any atom is 0.166 e. The van der Waals surface area contributed by atoms with Gasteiger partial charge in [-0.05, 0) is 19.4 Å². The van der Waals surface area contributed by atoms with Gasteiger partial charge in [0.15, 0.2) is 5.78 Å². The highest BCUT2D eigenvalue weighted by molar-refractivity contribution is 5.85. The van der Waals surface area contributed by atoms with Gasteiger partial charge in [0.2, 0.25) is 0 Å². The Morgan fingerprint density at radius 3 is 2.53 bits per heavy atom. The lowest BCUT2D eigenvalue weighted by atomic mass is 9.96. The first-order valence-electron chi connectivity index (χ1n) is 6.56. The van der Waals surface area contributed by atoms with Crippen LogP contribution in [-0.2, 0) is 16.1 Å². The van der Waals surface area contributed by atoms with Crippen LogP contribution in [0.4, 0.5) is 0 Å². The lowest BCUT2D eigenvalue weighted by Crippen LogP contribution is -2.33.